The van der Waals surface area contributed by atoms with Crippen LogP contribution in [0.1, 0.15) is 25.7 Å². The van der Waals surface area contributed by atoms with Crippen LogP contribution in [0.2, 0.25) is 0 Å². The summed E-state index contributed by atoms with van der Waals surface area (Å²) in [6.45, 7) is 1.60. The van der Waals surface area contributed by atoms with E-state index in [1.165, 1.54) is 24.0 Å². The quantitative estimate of drug-likeness (QED) is 0.706. The Morgan fingerprint density at radius 1 is 1.28 bits per heavy atom. The first-order valence-electron chi connectivity index (χ1n) is 6.75. The summed E-state index contributed by atoms with van der Waals surface area (Å²) >= 11 is 0. The molecule has 0 aromatic heterocycles. The third kappa shape index (κ3) is 1.59. The lowest BCUT2D eigenvalue weighted by atomic mass is 9.76. The monoisotopic (exact) mass is 252 g/mol. The molecule has 1 fully saturated rings. The zero-order valence-corrected chi connectivity index (χ0v) is 11.5. The van der Waals surface area contributed by atoms with Crippen molar-refractivity contribution < 1.29 is 19.0 Å². The Hall–Kier alpha value is -1.00. The van der Waals surface area contributed by atoms with Crippen molar-refractivity contribution in [1.29, 1.82) is 0 Å². The summed E-state index contributed by atoms with van der Waals surface area (Å²) in [6.07, 6.45) is 4.77. The first kappa shape index (κ1) is 12.1. The number of likely N-dealkylation sites (N-methyl/N-ethyl adjacent to an activating group) is 1. The first-order chi connectivity index (χ1) is 8.69. The van der Waals surface area contributed by atoms with Crippen LogP contribution in [-0.2, 0) is 14.3 Å². The Morgan fingerprint density at radius 3 is 2.83 bits per heavy atom. The predicted octanol–water partition coefficient (Wildman–Crippen LogP) is 2.34. The van der Waals surface area contributed by atoms with Crippen LogP contribution in [0.5, 0.6) is 0 Å². The molecule has 0 aromatic rings. The maximum Gasteiger partial charge on any atom is 0.328 e. The molecule has 1 aliphatic carbocycles. The van der Waals surface area contributed by atoms with Crippen molar-refractivity contribution in [3.63, 3.8) is 0 Å². The van der Waals surface area contributed by atoms with E-state index in [0.29, 0.717) is 10.6 Å². The maximum atomic E-state index is 5.90. The number of hydrogen-bond acceptors (Lipinski definition) is 3. The highest BCUT2D eigenvalue weighted by Crippen LogP contribution is 2.46. The number of ether oxygens (including phenoxy) is 2. The highest BCUT2D eigenvalue weighted by molar-refractivity contribution is 5.41. The van der Waals surface area contributed by atoms with Crippen LogP contribution in [0, 0.1) is 5.92 Å². The van der Waals surface area contributed by atoms with Crippen LogP contribution >= 0.6 is 0 Å². The van der Waals surface area contributed by atoms with Crippen molar-refractivity contribution in [3.05, 3.63) is 22.8 Å². The normalized spacial score (nSPS) is 35.2. The van der Waals surface area contributed by atoms with Gasteiger partial charge in [-0.3, -0.25) is 0 Å². The van der Waals surface area contributed by atoms with E-state index in [1.807, 2.05) is 7.05 Å². The minimum absolute atomic E-state index is 0.359. The van der Waals surface area contributed by atoms with Gasteiger partial charge in [-0.25, -0.2) is 0 Å². The molecule has 0 bridgehead atoms. The lowest BCUT2D eigenvalue weighted by Crippen LogP contribution is -2.49. The third-order valence-corrected chi connectivity index (χ3v) is 4.49. The van der Waals surface area contributed by atoms with Crippen LogP contribution in [0.25, 0.3) is 0 Å². The number of rotatable bonds is 2. The molecule has 4 heteroatoms. The number of nitrogens with zero attached hydrogens (tertiary/aromatic N) is 1. The molecule has 0 saturated heterocycles. The Kier molecular flexibility index (Phi) is 2.87. The van der Waals surface area contributed by atoms with Crippen molar-refractivity contribution in [3.8, 4) is 0 Å². The molecule has 0 aromatic carbocycles. The lowest BCUT2D eigenvalue weighted by molar-refractivity contribution is -1.07. The van der Waals surface area contributed by atoms with E-state index < -0.39 is 0 Å². The molecule has 0 N–H and O–H groups in total. The molecule has 0 amide bonds. The van der Waals surface area contributed by atoms with Gasteiger partial charge in [-0.1, -0.05) is 0 Å². The molecule has 4 nitrogen and oxygen atoms in total. The summed E-state index contributed by atoms with van der Waals surface area (Å²) in [5, 5.41) is 0. The van der Waals surface area contributed by atoms with Gasteiger partial charge < -0.3 is 9.47 Å². The van der Waals surface area contributed by atoms with Crippen molar-refractivity contribution in [2.45, 2.75) is 25.7 Å². The molecule has 100 valence electrons. The Labute approximate surface area is 108 Å². The number of methoxy groups -OCH3 is 1. The number of hydrogen-bond donors (Lipinski definition) is 0. The van der Waals surface area contributed by atoms with Crippen molar-refractivity contribution in [2.75, 3.05) is 34.4 Å². The molecule has 3 aliphatic rings. The van der Waals surface area contributed by atoms with Gasteiger partial charge in [0.1, 0.15) is 7.05 Å². The van der Waals surface area contributed by atoms with E-state index in [2.05, 4.69) is 0 Å². The zero-order chi connectivity index (χ0) is 12.8. The predicted molar refractivity (Wildman–Crippen MR) is 67.0 cm³/mol. The molecule has 2 unspecified atom stereocenters. The molecule has 2 heterocycles. The molecule has 0 spiro atoms. The highest BCUT2D eigenvalue weighted by atomic mass is 16.7. The van der Waals surface area contributed by atoms with Crippen LogP contribution in [0.4, 0.5) is 0 Å². The van der Waals surface area contributed by atoms with Crippen LogP contribution < -0.4 is 0 Å². The Bertz CT molecular complexity index is 427. The molecule has 18 heavy (non-hydrogen) atoms. The lowest BCUT2D eigenvalue weighted by Gasteiger charge is -2.42. The molecular weight excluding hydrogens is 230 g/mol. The van der Waals surface area contributed by atoms with Gasteiger partial charge in [-0.2, -0.15) is 4.84 Å². The zero-order valence-electron chi connectivity index (χ0n) is 11.5. The van der Waals surface area contributed by atoms with Gasteiger partial charge in [0.15, 0.2) is 12.3 Å². The first-order valence-corrected chi connectivity index (χ1v) is 6.75. The van der Waals surface area contributed by atoms with E-state index in [9.17, 15) is 0 Å². The van der Waals surface area contributed by atoms with Crippen LogP contribution in [0.15, 0.2) is 22.8 Å². The summed E-state index contributed by atoms with van der Waals surface area (Å²) in [6, 6.07) is 0. The van der Waals surface area contributed by atoms with E-state index >= 15 is 0 Å². The minimum atomic E-state index is 0.359. The smallest absolute Gasteiger partial charge is 0.328 e. The SMILES string of the molecule is COC1=C2CCCC3CCOC(=C23)C[N+]1(C)OC. The minimum Gasteiger partial charge on any atom is -0.491 e. The second-order valence-corrected chi connectivity index (χ2v) is 5.49. The second-order valence-electron chi connectivity index (χ2n) is 5.49. The highest BCUT2D eigenvalue weighted by Gasteiger charge is 2.46. The van der Waals surface area contributed by atoms with Gasteiger partial charge in [0.2, 0.25) is 0 Å². The third-order valence-electron chi connectivity index (χ3n) is 4.49. The fourth-order valence-electron chi connectivity index (χ4n) is 3.59. The van der Waals surface area contributed by atoms with Crippen LogP contribution in [-0.4, -0.2) is 39.1 Å². The summed E-state index contributed by atoms with van der Waals surface area (Å²) in [5.41, 5.74) is 2.76. The molecule has 0 radical (unpaired) electrons. The summed E-state index contributed by atoms with van der Waals surface area (Å²) in [4.78, 5) is 5.66. The van der Waals surface area contributed by atoms with Crippen molar-refractivity contribution in [2.24, 2.45) is 5.92 Å². The number of hydroxylamine groups is 3. The van der Waals surface area contributed by atoms with Gasteiger partial charge in [0.25, 0.3) is 0 Å². The maximum absolute atomic E-state index is 5.90. The average Bonchev–Trinajstić information content (AvgIpc) is 2.39. The molecule has 1 saturated carbocycles. The standard InChI is InChI=1S/C14H22NO3/c1-15(17-3)9-12-13-10(7-8-18-12)5-4-6-11(13)14(15)16-2/h10H,4-9H2,1-3H3/q+1. The average molecular weight is 252 g/mol. The van der Waals surface area contributed by atoms with Gasteiger partial charge in [-0.15, -0.1) is 4.65 Å². The van der Waals surface area contributed by atoms with E-state index in [-0.39, 0.29) is 0 Å². The Balaban J connectivity index is 2.12. The summed E-state index contributed by atoms with van der Waals surface area (Å²) in [7, 11) is 5.52. The molecular formula is C14H22NO3+. The molecule has 3 rings (SSSR count). The van der Waals surface area contributed by atoms with Gasteiger partial charge in [0.05, 0.1) is 26.4 Å². The topological polar surface area (TPSA) is 27.7 Å². The van der Waals surface area contributed by atoms with E-state index in [4.69, 9.17) is 14.3 Å². The number of allylic oxidation sites excluding steroid dienone is 2. The molecule has 2 atom stereocenters. The van der Waals surface area contributed by atoms with E-state index in [1.54, 1.807) is 14.2 Å². The fraction of sp³-hybridized carbons (Fsp3) is 0.714. The van der Waals surface area contributed by atoms with Gasteiger partial charge >= 0.3 is 5.88 Å². The number of quaternary nitrogens is 1. The second kappa shape index (κ2) is 4.28. The van der Waals surface area contributed by atoms with E-state index in [0.717, 1.165) is 37.6 Å². The Morgan fingerprint density at radius 2 is 2.11 bits per heavy atom. The van der Waals surface area contributed by atoms with Crippen molar-refractivity contribution >= 4 is 0 Å². The summed E-state index contributed by atoms with van der Waals surface area (Å²) < 4.78 is 11.9. The van der Waals surface area contributed by atoms with Gasteiger partial charge in [-0.05, 0) is 31.6 Å². The largest absolute Gasteiger partial charge is 0.491 e. The fourth-order valence-corrected chi connectivity index (χ4v) is 3.59. The van der Waals surface area contributed by atoms with Gasteiger partial charge in [0, 0.05) is 5.57 Å². The summed E-state index contributed by atoms with van der Waals surface area (Å²) in [5.74, 6) is 2.77. The van der Waals surface area contributed by atoms with Crippen LogP contribution in [0.3, 0.4) is 0 Å². The molecule has 2 aliphatic heterocycles. The van der Waals surface area contributed by atoms with Crippen molar-refractivity contribution in [1.82, 2.24) is 0 Å².